The Bertz CT molecular complexity index is 356. The van der Waals surface area contributed by atoms with Gasteiger partial charge in [-0.25, -0.2) is 0 Å². The Labute approximate surface area is 104 Å². The Morgan fingerprint density at radius 3 is 2.65 bits per heavy atom. The summed E-state index contributed by atoms with van der Waals surface area (Å²) in [4.78, 5) is 0. The highest BCUT2D eigenvalue weighted by Crippen LogP contribution is 2.09. The van der Waals surface area contributed by atoms with Gasteiger partial charge in [-0.15, -0.1) is 0 Å². The van der Waals surface area contributed by atoms with Crippen molar-refractivity contribution in [2.75, 3.05) is 6.54 Å². The van der Waals surface area contributed by atoms with Crippen LogP contribution in [0, 0.1) is 0 Å². The van der Waals surface area contributed by atoms with Gasteiger partial charge in [-0.3, -0.25) is 0 Å². The number of hydrogen-bond acceptors (Lipinski definition) is 2. The molecule has 1 N–H and O–H groups in total. The third-order valence-corrected chi connectivity index (χ3v) is 3.15. The van der Waals surface area contributed by atoms with Crippen LogP contribution in [-0.4, -0.2) is 12.6 Å². The summed E-state index contributed by atoms with van der Waals surface area (Å²) in [5, 5.41) is 3.45. The summed E-state index contributed by atoms with van der Waals surface area (Å²) >= 11 is 0. The predicted octanol–water partition coefficient (Wildman–Crippen LogP) is 3.03. The van der Waals surface area contributed by atoms with Crippen molar-refractivity contribution >= 4 is 0 Å². The van der Waals surface area contributed by atoms with Crippen LogP contribution in [0.4, 0.5) is 0 Å². The SMILES string of the molecule is CCc1ccc(CNCC2CCC=CO2)cc1. The van der Waals surface area contributed by atoms with Gasteiger partial charge in [-0.2, -0.15) is 0 Å². The first kappa shape index (κ1) is 12.2. The number of ether oxygens (including phenoxy) is 1. The van der Waals surface area contributed by atoms with Crippen molar-refractivity contribution in [2.45, 2.75) is 38.8 Å². The van der Waals surface area contributed by atoms with E-state index in [-0.39, 0.29) is 0 Å². The van der Waals surface area contributed by atoms with Gasteiger partial charge in [0.05, 0.1) is 6.26 Å². The van der Waals surface area contributed by atoms with Crippen LogP contribution in [-0.2, 0) is 17.7 Å². The molecule has 0 spiro atoms. The van der Waals surface area contributed by atoms with E-state index < -0.39 is 0 Å². The molecule has 0 amide bonds. The van der Waals surface area contributed by atoms with Gasteiger partial charge in [0.2, 0.25) is 0 Å². The van der Waals surface area contributed by atoms with Gasteiger partial charge in [0.15, 0.2) is 0 Å². The van der Waals surface area contributed by atoms with E-state index >= 15 is 0 Å². The van der Waals surface area contributed by atoms with Gasteiger partial charge in [0, 0.05) is 13.1 Å². The molecule has 1 aromatic carbocycles. The molecular weight excluding hydrogens is 210 g/mol. The molecule has 1 atom stereocenters. The van der Waals surface area contributed by atoms with Crippen molar-refractivity contribution in [2.24, 2.45) is 0 Å². The van der Waals surface area contributed by atoms with Gasteiger partial charge in [0.25, 0.3) is 0 Å². The number of benzene rings is 1. The second-order valence-electron chi connectivity index (χ2n) is 4.51. The van der Waals surface area contributed by atoms with Crippen LogP contribution in [0.2, 0.25) is 0 Å². The molecule has 0 radical (unpaired) electrons. The molecular formula is C15H21NO. The van der Waals surface area contributed by atoms with E-state index in [9.17, 15) is 0 Å². The van der Waals surface area contributed by atoms with Crippen LogP contribution in [0.1, 0.15) is 30.9 Å². The lowest BCUT2D eigenvalue weighted by Gasteiger charge is -2.19. The molecule has 0 fully saturated rings. The number of hydrogen-bond donors (Lipinski definition) is 1. The molecule has 0 bridgehead atoms. The van der Waals surface area contributed by atoms with Crippen molar-refractivity contribution in [1.82, 2.24) is 5.32 Å². The molecule has 0 saturated heterocycles. The maximum absolute atomic E-state index is 5.51. The fourth-order valence-corrected chi connectivity index (χ4v) is 2.01. The molecule has 1 aromatic rings. The zero-order valence-electron chi connectivity index (χ0n) is 10.5. The summed E-state index contributed by atoms with van der Waals surface area (Å²) in [7, 11) is 0. The average molecular weight is 231 g/mol. The lowest BCUT2D eigenvalue weighted by atomic mass is 10.1. The number of rotatable bonds is 5. The topological polar surface area (TPSA) is 21.3 Å². The third-order valence-electron chi connectivity index (χ3n) is 3.15. The molecule has 2 rings (SSSR count). The number of nitrogens with one attached hydrogen (secondary N) is 1. The Balaban J connectivity index is 1.72. The van der Waals surface area contributed by atoms with Crippen LogP contribution < -0.4 is 5.32 Å². The molecule has 92 valence electrons. The van der Waals surface area contributed by atoms with E-state index in [0.717, 1.165) is 32.4 Å². The molecule has 0 aromatic heterocycles. The molecule has 1 aliphatic heterocycles. The molecule has 0 saturated carbocycles. The third kappa shape index (κ3) is 3.90. The smallest absolute Gasteiger partial charge is 0.110 e. The minimum atomic E-state index is 0.343. The molecule has 0 aliphatic carbocycles. The monoisotopic (exact) mass is 231 g/mol. The number of allylic oxidation sites excluding steroid dienone is 1. The second kappa shape index (κ2) is 6.45. The van der Waals surface area contributed by atoms with Crippen molar-refractivity contribution < 1.29 is 4.74 Å². The van der Waals surface area contributed by atoms with Gasteiger partial charge in [-0.05, 0) is 36.5 Å². The number of aryl methyl sites for hydroxylation is 1. The van der Waals surface area contributed by atoms with E-state index in [1.54, 1.807) is 0 Å². The molecule has 17 heavy (non-hydrogen) atoms. The summed E-state index contributed by atoms with van der Waals surface area (Å²) in [6.07, 6.45) is 7.62. The summed E-state index contributed by atoms with van der Waals surface area (Å²) in [6, 6.07) is 8.81. The highest BCUT2D eigenvalue weighted by atomic mass is 16.5. The lowest BCUT2D eigenvalue weighted by molar-refractivity contribution is 0.122. The van der Waals surface area contributed by atoms with E-state index in [1.165, 1.54) is 11.1 Å². The first-order valence-corrected chi connectivity index (χ1v) is 6.47. The molecule has 2 nitrogen and oxygen atoms in total. The summed E-state index contributed by atoms with van der Waals surface area (Å²) in [5.74, 6) is 0. The van der Waals surface area contributed by atoms with Gasteiger partial charge in [0.1, 0.15) is 6.10 Å². The fourth-order valence-electron chi connectivity index (χ4n) is 2.01. The minimum Gasteiger partial charge on any atom is -0.497 e. The van der Waals surface area contributed by atoms with Gasteiger partial charge >= 0.3 is 0 Å². The van der Waals surface area contributed by atoms with Crippen molar-refractivity contribution in [3.05, 3.63) is 47.7 Å². The van der Waals surface area contributed by atoms with Crippen LogP contribution in [0.3, 0.4) is 0 Å². The average Bonchev–Trinajstić information content (AvgIpc) is 2.41. The zero-order chi connectivity index (χ0) is 11.9. The first-order chi connectivity index (χ1) is 8.38. The van der Waals surface area contributed by atoms with Gasteiger partial charge < -0.3 is 10.1 Å². The molecule has 1 unspecified atom stereocenters. The Morgan fingerprint density at radius 2 is 2.00 bits per heavy atom. The summed E-state index contributed by atoms with van der Waals surface area (Å²) in [5.41, 5.74) is 2.74. The van der Waals surface area contributed by atoms with Crippen molar-refractivity contribution in [1.29, 1.82) is 0 Å². The fraction of sp³-hybridized carbons (Fsp3) is 0.467. The van der Waals surface area contributed by atoms with Crippen LogP contribution >= 0.6 is 0 Å². The maximum atomic E-state index is 5.51. The predicted molar refractivity (Wildman–Crippen MR) is 70.8 cm³/mol. The van der Waals surface area contributed by atoms with E-state index in [1.807, 2.05) is 6.26 Å². The van der Waals surface area contributed by atoms with Crippen molar-refractivity contribution in [3.8, 4) is 0 Å². The quantitative estimate of drug-likeness (QED) is 0.841. The standard InChI is InChI=1S/C15H21NO/c1-2-13-6-8-14(9-7-13)11-16-12-15-5-3-4-10-17-15/h4,6-10,15-16H,2-3,5,11-12H2,1H3. The van der Waals surface area contributed by atoms with Crippen LogP contribution in [0.15, 0.2) is 36.6 Å². The normalized spacial score (nSPS) is 19.0. The molecule has 1 heterocycles. The van der Waals surface area contributed by atoms with Crippen LogP contribution in [0.5, 0.6) is 0 Å². The van der Waals surface area contributed by atoms with Crippen molar-refractivity contribution in [3.63, 3.8) is 0 Å². The highest BCUT2D eigenvalue weighted by molar-refractivity contribution is 5.22. The summed E-state index contributed by atoms with van der Waals surface area (Å²) < 4.78 is 5.51. The first-order valence-electron chi connectivity index (χ1n) is 6.47. The van der Waals surface area contributed by atoms with E-state index in [2.05, 4.69) is 42.6 Å². The largest absolute Gasteiger partial charge is 0.497 e. The van der Waals surface area contributed by atoms with E-state index in [4.69, 9.17) is 4.74 Å². The molecule has 2 heteroatoms. The zero-order valence-corrected chi connectivity index (χ0v) is 10.5. The second-order valence-corrected chi connectivity index (χ2v) is 4.51. The Kier molecular flexibility index (Phi) is 4.63. The molecule has 1 aliphatic rings. The van der Waals surface area contributed by atoms with Gasteiger partial charge in [-0.1, -0.05) is 31.2 Å². The lowest BCUT2D eigenvalue weighted by Crippen LogP contribution is -2.28. The Hall–Kier alpha value is -1.28. The van der Waals surface area contributed by atoms with Crippen LogP contribution in [0.25, 0.3) is 0 Å². The minimum absolute atomic E-state index is 0.343. The summed E-state index contributed by atoms with van der Waals surface area (Å²) in [6.45, 7) is 4.04. The van der Waals surface area contributed by atoms with E-state index in [0.29, 0.717) is 6.10 Å². The highest BCUT2D eigenvalue weighted by Gasteiger charge is 2.09. The Morgan fingerprint density at radius 1 is 1.24 bits per heavy atom. The maximum Gasteiger partial charge on any atom is 0.110 e.